The van der Waals surface area contributed by atoms with Gasteiger partial charge in [-0.25, -0.2) is 9.97 Å². The monoisotopic (exact) mass is 325 g/mol. The Morgan fingerprint density at radius 1 is 1.12 bits per heavy atom. The van der Waals surface area contributed by atoms with Crippen molar-refractivity contribution in [2.75, 3.05) is 19.6 Å². The van der Waals surface area contributed by atoms with Crippen LogP contribution in [0.15, 0.2) is 36.8 Å². The van der Waals surface area contributed by atoms with Crippen molar-refractivity contribution in [1.29, 1.82) is 0 Å². The quantitative estimate of drug-likeness (QED) is 0.846. The van der Waals surface area contributed by atoms with Crippen LogP contribution in [0.1, 0.15) is 32.8 Å². The second-order valence-electron chi connectivity index (χ2n) is 6.76. The molecule has 3 rings (SSSR count). The zero-order valence-corrected chi connectivity index (χ0v) is 14.9. The molecule has 1 aliphatic rings. The average molecular weight is 325 g/mol. The summed E-state index contributed by atoms with van der Waals surface area (Å²) < 4.78 is 0. The molecule has 24 heavy (non-hydrogen) atoms. The molecule has 5 nitrogen and oxygen atoms in total. The summed E-state index contributed by atoms with van der Waals surface area (Å²) in [4.78, 5) is 18.4. The van der Waals surface area contributed by atoms with Gasteiger partial charge in [0.2, 0.25) is 0 Å². The summed E-state index contributed by atoms with van der Waals surface area (Å²) in [6.07, 6.45) is 6.84. The number of pyridine rings is 1. The van der Waals surface area contributed by atoms with E-state index in [0.717, 1.165) is 31.9 Å². The molecule has 1 fully saturated rings. The van der Waals surface area contributed by atoms with Gasteiger partial charge in [-0.3, -0.25) is 14.8 Å². The Balaban J connectivity index is 1.62. The Morgan fingerprint density at radius 3 is 2.54 bits per heavy atom. The lowest BCUT2D eigenvalue weighted by Crippen LogP contribution is -2.54. The molecule has 0 aliphatic carbocycles. The third kappa shape index (κ3) is 3.97. The molecule has 0 spiro atoms. The van der Waals surface area contributed by atoms with E-state index in [-0.39, 0.29) is 0 Å². The molecule has 2 aromatic rings. The molecular formula is C19H27N5. The van der Waals surface area contributed by atoms with Gasteiger partial charge in [-0.2, -0.15) is 0 Å². The van der Waals surface area contributed by atoms with Gasteiger partial charge in [0.25, 0.3) is 0 Å². The molecule has 5 heteroatoms. The molecule has 0 aromatic carbocycles. The molecule has 1 atom stereocenters. The summed E-state index contributed by atoms with van der Waals surface area (Å²) in [7, 11) is 0. The van der Waals surface area contributed by atoms with Crippen LogP contribution in [-0.2, 0) is 6.54 Å². The minimum absolute atomic E-state index is 0.623. The zero-order chi connectivity index (χ0) is 16.9. The predicted octanol–water partition coefficient (Wildman–Crippen LogP) is 2.84. The van der Waals surface area contributed by atoms with E-state index in [1.165, 1.54) is 12.0 Å². The molecular weight excluding hydrogens is 298 g/mol. The van der Waals surface area contributed by atoms with Gasteiger partial charge in [0.05, 0.1) is 0 Å². The van der Waals surface area contributed by atoms with E-state index in [1.807, 2.05) is 30.6 Å². The summed E-state index contributed by atoms with van der Waals surface area (Å²) in [6.45, 7) is 11.2. The maximum atomic E-state index is 4.49. The van der Waals surface area contributed by atoms with Crippen molar-refractivity contribution >= 4 is 0 Å². The SMILES string of the molecule is CC[C@H]1CN(Cc2cnc(-c3ccccn3)nc2)CCN1C(C)C. The molecule has 3 heterocycles. The highest BCUT2D eigenvalue weighted by molar-refractivity contribution is 5.47. The first-order valence-corrected chi connectivity index (χ1v) is 8.87. The van der Waals surface area contributed by atoms with Crippen LogP contribution in [0.25, 0.3) is 11.5 Å². The summed E-state index contributed by atoms with van der Waals surface area (Å²) in [5, 5.41) is 0. The Hall–Kier alpha value is -1.85. The normalized spacial score (nSPS) is 19.8. The van der Waals surface area contributed by atoms with Crippen LogP contribution in [0.4, 0.5) is 0 Å². The molecule has 0 N–H and O–H groups in total. The maximum Gasteiger partial charge on any atom is 0.178 e. The molecule has 1 saturated heterocycles. The Kier molecular flexibility index (Phi) is 5.53. The highest BCUT2D eigenvalue weighted by atomic mass is 15.3. The van der Waals surface area contributed by atoms with Crippen molar-refractivity contribution in [3.05, 3.63) is 42.4 Å². The minimum Gasteiger partial charge on any atom is -0.296 e. The fourth-order valence-electron chi connectivity index (χ4n) is 3.44. The Labute approximate surface area is 144 Å². The maximum absolute atomic E-state index is 4.49. The van der Waals surface area contributed by atoms with Crippen LogP contribution in [0, 0.1) is 0 Å². The van der Waals surface area contributed by atoms with Gasteiger partial charge in [-0.15, -0.1) is 0 Å². The minimum atomic E-state index is 0.623. The topological polar surface area (TPSA) is 45.2 Å². The van der Waals surface area contributed by atoms with Crippen LogP contribution in [-0.4, -0.2) is 56.5 Å². The number of piperazine rings is 1. The fourth-order valence-corrected chi connectivity index (χ4v) is 3.44. The van der Waals surface area contributed by atoms with Gasteiger partial charge in [0.15, 0.2) is 5.82 Å². The summed E-state index contributed by atoms with van der Waals surface area (Å²) >= 11 is 0. The lowest BCUT2D eigenvalue weighted by Gasteiger charge is -2.43. The second kappa shape index (κ2) is 7.81. The second-order valence-corrected chi connectivity index (χ2v) is 6.76. The molecule has 2 aromatic heterocycles. The van der Waals surface area contributed by atoms with E-state index >= 15 is 0 Å². The highest BCUT2D eigenvalue weighted by Crippen LogP contribution is 2.18. The largest absolute Gasteiger partial charge is 0.296 e. The predicted molar refractivity (Wildman–Crippen MR) is 96.5 cm³/mol. The van der Waals surface area contributed by atoms with E-state index in [9.17, 15) is 0 Å². The molecule has 128 valence electrons. The Bertz CT molecular complexity index is 626. The van der Waals surface area contributed by atoms with Crippen LogP contribution >= 0.6 is 0 Å². The van der Waals surface area contributed by atoms with Crippen molar-refractivity contribution in [3.63, 3.8) is 0 Å². The van der Waals surface area contributed by atoms with Crippen molar-refractivity contribution in [2.24, 2.45) is 0 Å². The van der Waals surface area contributed by atoms with Gasteiger partial charge in [0, 0.05) is 62.4 Å². The zero-order valence-electron chi connectivity index (χ0n) is 14.9. The van der Waals surface area contributed by atoms with Crippen LogP contribution in [0.2, 0.25) is 0 Å². The molecule has 0 unspecified atom stereocenters. The molecule has 0 saturated carbocycles. The number of hydrogen-bond acceptors (Lipinski definition) is 5. The van der Waals surface area contributed by atoms with Crippen LogP contribution in [0.3, 0.4) is 0 Å². The number of nitrogens with zero attached hydrogens (tertiary/aromatic N) is 5. The van der Waals surface area contributed by atoms with E-state index < -0.39 is 0 Å². The van der Waals surface area contributed by atoms with Crippen molar-refractivity contribution in [3.8, 4) is 11.5 Å². The smallest absolute Gasteiger partial charge is 0.178 e. The summed E-state index contributed by atoms with van der Waals surface area (Å²) in [5.74, 6) is 0.690. The first-order chi connectivity index (χ1) is 11.7. The fraction of sp³-hybridized carbons (Fsp3) is 0.526. The molecule has 0 radical (unpaired) electrons. The Morgan fingerprint density at radius 2 is 1.92 bits per heavy atom. The molecule has 0 bridgehead atoms. The van der Waals surface area contributed by atoms with Gasteiger partial charge in [-0.1, -0.05) is 13.0 Å². The van der Waals surface area contributed by atoms with Gasteiger partial charge < -0.3 is 0 Å². The third-order valence-electron chi connectivity index (χ3n) is 4.75. The van der Waals surface area contributed by atoms with E-state index in [4.69, 9.17) is 0 Å². The standard InChI is InChI=1S/C19H27N5/c1-4-17-14-23(9-10-24(17)15(2)3)13-16-11-21-19(22-12-16)18-7-5-6-8-20-18/h5-8,11-12,15,17H,4,9-10,13-14H2,1-3H3/t17-/m0/s1. The number of rotatable bonds is 5. The highest BCUT2D eigenvalue weighted by Gasteiger charge is 2.27. The molecule has 0 amide bonds. The van der Waals surface area contributed by atoms with Gasteiger partial charge >= 0.3 is 0 Å². The lowest BCUT2D eigenvalue weighted by molar-refractivity contribution is 0.0456. The average Bonchev–Trinajstić information content (AvgIpc) is 2.63. The lowest BCUT2D eigenvalue weighted by atomic mass is 10.1. The first kappa shape index (κ1) is 17.0. The van der Waals surface area contributed by atoms with E-state index in [0.29, 0.717) is 17.9 Å². The van der Waals surface area contributed by atoms with Gasteiger partial charge in [-0.05, 0) is 32.4 Å². The van der Waals surface area contributed by atoms with E-state index in [1.54, 1.807) is 6.20 Å². The van der Waals surface area contributed by atoms with E-state index in [2.05, 4.69) is 45.5 Å². The summed E-state index contributed by atoms with van der Waals surface area (Å²) in [5.41, 5.74) is 1.99. The number of aromatic nitrogens is 3. The van der Waals surface area contributed by atoms with Crippen LogP contribution < -0.4 is 0 Å². The first-order valence-electron chi connectivity index (χ1n) is 8.87. The number of hydrogen-bond donors (Lipinski definition) is 0. The third-order valence-corrected chi connectivity index (χ3v) is 4.75. The van der Waals surface area contributed by atoms with Gasteiger partial charge in [0.1, 0.15) is 5.69 Å². The molecule has 1 aliphatic heterocycles. The summed E-state index contributed by atoms with van der Waals surface area (Å²) in [6, 6.07) is 7.06. The van der Waals surface area contributed by atoms with Crippen molar-refractivity contribution in [2.45, 2.75) is 45.8 Å². The van der Waals surface area contributed by atoms with Crippen LogP contribution in [0.5, 0.6) is 0 Å². The van der Waals surface area contributed by atoms with Crippen molar-refractivity contribution < 1.29 is 0 Å². The van der Waals surface area contributed by atoms with Crippen molar-refractivity contribution in [1.82, 2.24) is 24.8 Å².